The maximum Gasteiger partial charge on any atom is 0.308 e. The molecule has 2 unspecified atom stereocenters. The normalized spacial score (nSPS) is 21.4. The number of unbranched alkanes of at least 4 members (excludes halogenated alkanes) is 1. The molecule has 2 heterocycles. The van der Waals surface area contributed by atoms with Crippen LogP contribution in [0.25, 0.3) is 0 Å². The molecular weight excluding hydrogens is 498 g/mol. The third-order valence-corrected chi connectivity index (χ3v) is 8.07. The maximum absolute atomic E-state index is 13.7. The average molecular weight is 548 g/mol. The Morgan fingerprint density at radius 3 is 2.51 bits per heavy atom. The fourth-order valence-electron chi connectivity index (χ4n) is 6.07. The summed E-state index contributed by atoms with van der Waals surface area (Å²) in [7, 11) is 5.66. The van der Waals surface area contributed by atoms with Gasteiger partial charge in [0.1, 0.15) is 0 Å². The van der Waals surface area contributed by atoms with Crippen molar-refractivity contribution in [1.82, 2.24) is 14.7 Å². The van der Waals surface area contributed by atoms with Crippen molar-refractivity contribution in [2.45, 2.75) is 71.3 Å². The summed E-state index contributed by atoms with van der Waals surface area (Å²) in [6, 6.07) is 3.53. The Morgan fingerprint density at radius 1 is 1.13 bits per heavy atom. The van der Waals surface area contributed by atoms with E-state index in [1.807, 2.05) is 31.1 Å². The number of nitrogens with zero attached hydrogens (tertiary/aromatic N) is 3. The van der Waals surface area contributed by atoms with Crippen molar-refractivity contribution in [2.75, 3.05) is 60.7 Å². The third kappa shape index (κ3) is 8.01. The van der Waals surface area contributed by atoms with Crippen molar-refractivity contribution < 1.29 is 28.9 Å². The number of ether oxygens (including phenoxy) is 3. The van der Waals surface area contributed by atoms with Crippen LogP contribution in [0.15, 0.2) is 12.1 Å². The number of carbonyl (C=O) groups is 2. The molecule has 3 rings (SSSR count). The number of benzene rings is 1. The van der Waals surface area contributed by atoms with Crippen molar-refractivity contribution in [3.8, 4) is 17.2 Å². The van der Waals surface area contributed by atoms with Crippen LogP contribution in [0.2, 0.25) is 0 Å². The minimum atomic E-state index is -0.825. The standard InChI is InChI=1S/C30H49N3O6/c1-7-9-13-32(14-10-12-31(4)5)27(34)19-33-18-23(28(30(35)36)24(33)15-21(3)11-8-2)22-16-25(37-6)29-26(17-22)38-20-39-29/h16-17,21,23-24,28H,7-15,18-20H2,1-6H3,(H,35,36)/t21?,23-,24+,28?/m1/s1. The summed E-state index contributed by atoms with van der Waals surface area (Å²) >= 11 is 0. The summed E-state index contributed by atoms with van der Waals surface area (Å²) in [4.78, 5) is 32.8. The zero-order valence-electron chi connectivity index (χ0n) is 24.8. The largest absolute Gasteiger partial charge is 0.493 e. The number of carboxylic acid groups (broad SMARTS) is 1. The van der Waals surface area contributed by atoms with Crippen LogP contribution in [-0.4, -0.2) is 98.4 Å². The molecule has 0 spiro atoms. The van der Waals surface area contributed by atoms with Gasteiger partial charge in [0.25, 0.3) is 0 Å². The third-order valence-electron chi connectivity index (χ3n) is 8.07. The van der Waals surface area contributed by atoms with Gasteiger partial charge >= 0.3 is 5.97 Å². The van der Waals surface area contributed by atoms with E-state index in [9.17, 15) is 14.7 Å². The molecule has 9 nitrogen and oxygen atoms in total. The van der Waals surface area contributed by atoms with Gasteiger partial charge in [-0.25, -0.2) is 0 Å². The number of hydrogen-bond acceptors (Lipinski definition) is 7. The number of methoxy groups -OCH3 is 1. The van der Waals surface area contributed by atoms with E-state index in [0.29, 0.717) is 36.3 Å². The first-order valence-electron chi connectivity index (χ1n) is 14.6. The smallest absolute Gasteiger partial charge is 0.308 e. The lowest BCUT2D eigenvalue weighted by Gasteiger charge is -2.31. The van der Waals surface area contributed by atoms with Gasteiger partial charge in [0, 0.05) is 31.6 Å². The Morgan fingerprint density at radius 2 is 1.87 bits per heavy atom. The van der Waals surface area contributed by atoms with Gasteiger partial charge in [-0.2, -0.15) is 0 Å². The van der Waals surface area contributed by atoms with Crippen LogP contribution < -0.4 is 14.2 Å². The summed E-state index contributed by atoms with van der Waals surface area (Å²) in [5.41, 5.74) is 0.848. The molecule has 2 aliphatic heterocycles. The molecule has 0 aliphatic carbocycles. The van der Waals surface area contributed by atoms with E-state index < -0.39 is 11.9 Å². The van der Waals surface area contributed by atoms with Crippen LogP contribution >= 0.6 is 0 Å². The number of hydrogen-bond donors (Lipinski definition) is 1. The molecule has 9 heteroatoms. The second-order valence-electron chi connectivity index (χ2n) is 11.4. The monoisotopic (exact) mass is 547 g/mol. The molecular formula is C30H49N3O6. The van der Waals surface area contributed by atoms with Crippen LogP contribution in [0.3, 0.4) is 0 Å². The van der Waals surface area contributed by atoms with Crippen LogP contribution in [0.5, 0.6) is 17.2 Å². The molecule has 1 N–H and O–H groups in total. The molecule has 0 bridgehead atoms. The first-order valence-corrected chi connectivity index (χ1v) is 14.6. The Kier molecular flexibility index (Phi) is 11.7. The highest BCUT2D eigenvalue weighted by Crippen LogP contribution is 2.47. The van der Waals surface area contributed by atoms with Crippen molar-refractivity contribution in [1.29, 1.82) is 0 Å². The summed E-state index contributed by atoms with van der Waals surface area (Å²) in [5.74, 6) is 0.357. The number of likely N-dealkylation sites (tertiary alicyclic amines) is 1. The Labute approximate surface area is 234 Å². The van der Waals surface area contributed by atoms with Crippen LogP contribution in [-0.2, 0) is 9.59 Å². The zero-order chi connectivity index (χ0) is 28.5. The lowest BCUT2D eigenvalue weighted by Crippen LogP contribution is -2.45. The molecule has 4 atom stereocenters. The maximum atomic E-state index is 13.7. The summed E-state index contributed by atoms with van der Waals surface area (Å²) < 4.78 is 16.8. The number of aliphatic carboxylic acids is 1. The highest BCUT2D eigenvalue weighted by Gasteiger charge is 2.48. The number of amides is 1. The summed E-state index contributed by atoms with van der Waals surface area (Å²) in [5, 5.41) is 10.5. The van der Waals surface area contributed by atoms with Crippen molar-refractivity contribution in [3.05, 3.63) is 17.7 Å². The van der Waals surface area contributed by atoms with Gasteiger partial charge in [-0.1, -0.05) is 40.0 Å². The topological polar surface area (TPSA) is 91.8 Å². The van der Waals surface area contributed by atoms with E-state index in [0.717, 1.165) is 57.2 Å². The molecule has 1 fully saturated rings. The van der Waals surface area contributed by atoms with Crippen LogP contribution in [0.4, 0.5) is 0 Å². The number of carboxylic acids is 1. The van der Waals surface area contributed by atoms with E-state index in [-0.39, 0.29) is 31.2 Å². The van der Waals surface area contributed by atoms with Gasteiger partial charge in [0.2, 0.25) is 18.4 Å². The minimum Gasteiger partial charge on any atom is -0.493 e. The van der Waals surface area contributed by atoms with E-state index in [1.165, 1.54) is 0 Å². The molecule has 0 radical (unpaired) electrons. The van der Waals surface area contributed by atoms with E-state index in [2.05, 4.69) is 30.6 Å². The predicted molar refractivity (Wildman–Crippen MR) is 152 cm³/mol. The Bertz CT molecular complexity index is 955. The molecule has 1 saturated heterocycles. The Balaban J connectivity index is 1.90. The predicted octanol–water partition coefficient (Wildman–Crippen LogP) is 4.30. The lowest BCUT2D eigenvalue weighted by molar-refractivity contribution is -0.144. The van der Waals surface area contributed by atoms with Crippen molar-refractivity contribution in [2.24, 2.45) is 11.8 Å². The van der Waals surface area contributed by atoms with Gasteiger partial charge in [0.05, 0.1) is 19.6 Å². The van der Waals surface area contributed by atoms with E-state index in [1.54, 1.807) is 7.11 Å². The van der Waals surface area contributed by atoms with E-state index >= 15 is 0 Å². The summed E-state index contributed by atoms with van der Waals surface area (Å²) in [6.07, 6.45) is 5.71. The molecule has 0 aromatic heterocycles. The summed E-state index contributed by atoms with van der Waals surface area (Å²) in [6.45, 7) is 9.69. The molecule has 220 valence electrons. The molecule has 1 aromatic carbocycles. The minimum absolute atomic E-state index is 0.0865. The Hall–Kier alpha value is -2.52. The fourth-order valence-corrected chi connectivity index (χ4v) is 6.07. The average Bonchev–Trinajstić information content (AvgIpc) is 3.50. The van der Waals surface area contributed by atoms with Gasteiger partial charge < -0.3 is 29.1 Å². The van der Waals surface area contributed by atoms with Crippen LogP contribution in [0, 0.1) is 11.8 Å². The first kappa shape index (κ1) is 31.0. The highest BCUT2D eigenvalue weighted by molar-refractivity contribution is 5.79. The van der Waals surface area contributed by atoms with Gasteiger partial charge in [-0.3, -0.25) is 14.5 Å². The lowest BCUT2D eigenvalue weighted by atomic mass is 9.81. The molecule has 0 saturated carbocycles. The first-order chi connectivity index (χ1) is 18.7. The fraction of sp³-hybridized carbons (Fsp3) is 0.733. The van der Waals surface area contributed by atoms with Gasteiger partial charge in [-0.05, 0) is 63.5 Å². The molecule has 2 aliphatic rings. The van der Waals surface area contributed by atoms with Crippen molar-refractivity contribution >= 4 is 11.9 Å². The number of fused-ring (bicyclic) bond motifs is 1. The van der Waals surface area contributed by atoms with Gasteiger partial charge in [-0.15, -0.1) is 0 Å². The zero-order valence-corrected chi connectivity index (χ0v) is 24.8. The second kappa shape index (κ2) is 14.7. The van der Waals surface area contributed by atoms with Crippen LogP contribution in [0.1, 0.15) is 70.8 Å². The highest BCUT2D eigenvalue weighted by atomic mass is 16.7. The van der Waals surface area contributed by atoms with Gasteiger partial charge in [0.15, 0.2) is 11.5 Å². The molecule has 39 heavy (non-hydrogen) atoms. The number of carbonyl (C=O) groups excluding carboxylic acids is 1. The van der Waals surface area contributed by atoms with E-state index in [4.69, 9.17) is 14.2 Å². The van der Waals surface area contributed by atoms with Crippen molar-refractivity contribution in [3.63, 3.8) is 0 Å². The second-order valence-corrected chi connectivity index (χ2v) is 11.4. The quantitative estimate of drug-likeness (QED) is 0.328. The molecule has 1 amide bonds. The SMILES string of the molecule is CCCCN(CCCN(C)C)C(=O)CN1C[C@H](c2cc(OC)c3c(c2)OCO3)C(C(=O)O)[C@@H]1CC(C)CCC. The molecule has 1 aromatic rings. The number of rotatable bonds is 16.